The normalized spacial score (nSPS) is 13.9. The van der Waals surface area contributed by atoms with Gasteiger partial charge < -0.3 is 15.5 Å². The molecular formula is C42H83NO6S. The van der Waals surface area contributed by atoms with Crippen molar-refractivity contribution in [2.45, 2.75) is 244 Å². The third-order valence-corrected chi connectivity index (χ3v) is 10.9. The molecule has 0 aromatic carbocycles. The molecule has 0 rings (SSSR count). The van der Waals surface area contributed by atoms with Crippen molar-refractivity contribution in [1.82, 2.24) is 5.32 Å². The van der Waals surface area contributed by atoms with Gasteiger partial charge in [0.25, 0.3) is 10.1 Å². The van der Waals surface area contributed by atoms with Gasteiger partial charge in [0, 0.05) is 0 Å². The van der Waals surface area contributed by atoms with Gasteiger partial charge in [0.1, 0.15) is 6.10 Å². The van der Waals surface area contributed by atoms with E-state index < -0.39 is 40.0 Å². The highest BCUT2D eigenvalue weighted by atomic mass is 32.2. The monoisotopic (exact) mass is 730 g/mol. The number of aliphatic hydroxyl groups excluding tert-OH is 2. The lowest BCUT2D eigenvalue weighted by atomic mass is 10.0. The van der Waals surface area contributed by atoms with Crippen molar-refractivity contribution in [3.63, 3.8) is 0 Å². The number of nitrogens with one attached hydrogen (secondary N) is 1. The Morgan fingerprint density at radius 3 is 1.22 bits per heavy atom. The minimum Gasteiger partial charge on any atom is -0.391 e. The van der Waals surface area contributed by atoms with Crippen LogP contribution in [0.4, 0.5) is 0 Å². The van der Waals surface area contributed by atoms with Crippen molar-refractivity contribution in [1.29, 1.82) is 0 Å². The molecule has 8 heteroatoms. The first kappa shape index (κ1) is 49.0. The van der Waals surface area contributed by atoms with E-state index in [0.717, 1.165) is 51.4 Å². The van der Waals surface area contributed by atoms with Gasteiger partial charge in [0.05, 0.1) is 17.9 Å². The summed E-state index contributed by atoms with van der Waals surface area (Å²) >= 11 is 0. The van der Waals surface area contributed by atoms with Crippen LogP contribution in [0.3, 0.4) is 0 Å². The van der Waals surface area contributed by atoms with Crippen LogP contribution in [-0.4, -0.2) is 53.1 Å². The Bertz CT molecular complexity index is 864. The highest BCUT2D eigenvalue weighted by Crippen LogP contribution is 2.17. The van der Waals surface area contributed by atoms with Crippen LogP contribution in [0, 0.1) is 0 Å². The largest absolute Gasteiger partial charge is 0.391 e. The Hall–Kier alpha value is -0.960. The summed E-state index contributed by atoms with van der Waals surface area (Å²) < 4.78 is 32.6. The Kier molecular flexibility index (Phi) is 35.7. The van der Waals surface area contributed by atoms with Crippen LogP contribution in [0.5, 0.6) is 0 Å². The molecule has 3 unspecified atom stereocenters. The molecule has 4 N–H and O–H groups in total. The van der Waals surface area contributed by atoms with E-state index >= 15 is 0 Å². The number of aliphatic hydroxyl groups is 2. The van der Waals surface area contributed by atoms with Crippen LogP contribution < -0.4 is 5.32 Å². The highest BCUT2D eigenvalue weighted by Gasteiger charge is 2.28. The standard InChI is InChI=1S/C42H83NO6S/c1-3-5-7-9-11-13-15-17-19-20-21-22-23-25-26-28-30-32-34-36-40(44)39(38-50(47,48)49)43-42(46)41(45)37-35-33-31-29-27-24-18-16-14-12-10-8-6-4-2/h14,16,39-41,44-45H,3-13,15,17-38H2,1-2H3,(H,43,46)(H,47,48,49)/b16-14-. The minimum absolute atomic E-state index is 0.292. The summed E-state index contributed by atoms with van der Waals surface area (Å²) in [6, 6.07) is -1.15. The lowest BCUT2D eigenvalue weighted by Crippen LogP contribution is -2.50. The summed E-state index contributed by atoms with van der Waals surface area (Å²) in [5.41, 5.74) is 0. The first-order valence-electron chi connectivity index (χ1n) is 21.5. The first-order valence-corrected chi connectivity index (χ1v) is 23.1. The zero-order chi connectivity index (χ0) is 37.0. The molecule has 0 heterocycles. The van der Waals surface area contributed by atoms with Crippen molar-refractivity contribution in [2.24, 2.45) is 0 Å². The summed E-state index contributed by atoms with van der Waals surface area (Å²) in [6.07, 6.45) is 40.8. The number of allylic oxidation sites excluding steroid dienone is 2. The molecule has 0 fully saturated rings. The molecule has 0 spiro atoms. The third-order valence-electron chi connectivity index (χ3n) is 10.1. The molecule has 50 heavy (non-hydrogen) atoms. The van der Waals surface area contributed by atoms with E-state index in [0.29, 0.717) is 19.3 Å². The Morgan fingerprint density at radius 2 is 0.840 bits per heavy atom. The van der Waals surface area contributed by atoms with E-state index in [4.69, 9.17) is 0 Å². The fraction of sp³-hybridized carbons (Fsp3) is 0.929. The summed E-state index contributed by atoms with van der Waals surface area (Å²) in [6.45, 7) is 4.50. The van der Waals surface area contributed by atoms with Gasteiger partial charge in [0.15, 0.2) is 0 Å². The molecule has 298 valence electrons. The SMILES string of the molecule is CCCCCC/C=C\CCCCCCCCC(O)C(=O)NC(CS(=O)(=O)O)C(O)CCCCCCCCCCCCCCCCCCCCC. The Labute approximate surface area is 310 Å². The average molecular weight is 730 g/mol. The number of carbonyl (C=O) groups excluding carboxylic acids is 1. The predicted octanol–water partition coefficient (Wildman–Crippen LogP) is 11.6. The zero-order valence-corrected chi connectivity index (χ0v) is 33.7. The maximum absolute atomic E-state index is 12.6. The molecule has 1 amide bonds. The predicted molar refractivity (Wildman–Crippen MR) is 213 cm³/mol. The number of hydrogen-bond acceptors (Lipinski definition) is 5. The molecule has 0 aromatic rings. The molecule has 0 radical (unpaired) electrons. The minimum atomic E-state index is -4.41. The van der Waals surface area contributed by atoms with Gasteiger partial charge in [-0.25, -0.2) is 0 Å². The van der Waals surface area contributed by atoms with E-state index in [1.165, 1.54) is 141 Å². The molecule has 0 saturated carbocycles. The Balaban J connectivity index is 3.93. The van der Waals surface area contributed by atoms with Crippen molar-refractivity contribution >= 4 is 16.0 Å². The van der Waals surface area contributed by atoms with Gasteiger partial charge in [-0.3, -0.25) is 9.35 Å². The number of hydrogen-bond donors (Lipinski definition) is 4. The maximum Gasteiger partial charge on any atom is 0.266 e. The molecule has 0 saturated heterocycles. The topological polar surface area (TPSA) is 124 Å². The fourth-order valence-electron chi connectivity index (χ4n) is 6.75. The zero-order valence-electron chi connectivity index (χ0n) is 32.9. The van der Waals surface area contributed by atoms with Crippen LogP contribution in [-0.2, 0) is 14.9 Å². The number of carbonyl (C=O) groups is 1. The van der Waals surface area contributed by atoms with Gasteiger partial charge in [-0.2, -0.15) is 8.42 Å². The molecule has 0 aromatic heterocycles. The molecule has 0 aliphatic carbocycles. The van der Waals surface area contributed by atoms with Crippen LogP contribution in [0.15, 0.2) is 12.2 Å². The molecule has 7 nitrogen and oxygen atoms in total. The molecule has 0 aliphatic rings. The summed E-state index contributed by atoms with van der Waals surface area (Å²) in [4.78, 5) is 12.6. The van der Waals surface area contributed by atoms with Crippen LogP contribution in [0.25, 0.3) is 0 Å². The summed E-state index contributed by atoms with van der Waals surface area (Å²) in [5, 5.41) is 23.5. The van der Waals surface area contributed by atoms with Crippen molar-refractivity contribution in [3.8, 4) is 0 Å². The summed E-state index contributed by atoms with van der Waals surface area (Å²) in [7, 11) is -4.41. The van der Waals surface area contributed by atoms with Crippen LogP contribution in [0.2, 0.25) is 0 Å². The second kappa shape index (κ2) is 36.4. The fourth-order valence-corrected chi connectivity index (χ4v) is 7.51. The number of rotatable bonds is 39. The van der Waals surface area contributed by atoms with Crippen molar-refractivity contribution in [3.05, 3.63) is 12.2 Å². The van der Waals surface area contributed by atoms with E-state index in [9.17, 15) is 28.0 Å². The lowest BCUT2D eigenvalue weighted by molar-refractivity contribution is -0.131. The van der Waals surface area contributed by atoms with E-state index in [1.807, 2.05) is 0 Å². The number of unbranched alkanes of at least 4 members (excludes halogenated alkanes) is 28. The van der Waals surface area contributed by atoms with E-state index in [1.54, 1.807) is 0 Å². The van der Waals surface area contributed by atoms with Gasteiger partial charge in [-0.1, -0.05) is 199 Å². The van der Waals surface area contributed by atoms with E-state index in [2.05, 4.69) is 31.3 Å². The molecular weight excluding hydrogens is 647 g/mol. The van der Waals surface area contributed by atoms with Crippen LogP contribution >= 0.6 is 0 Å². The van der Waals surface area contributed by atoms with Gasteiger partial charge in [-0.05, 0) is 38.5 Å². The van der Waals surface area contributed by atoms with E-state index in [-0.39, 0.29) is 0 Å². The van der Waals surface area contributed by atoms with Crippen molar-refractivity contribution < 1.29 is 28.0 Å². The van der Waals surface area contributed by atoms with Gasteiger partial charge >= 0.3 is 0 Å². The molecule has 3 atom stereocenters. The summed E-state index contributed by atoms with van der Waals surface area (Å²) in [5.74, 6) is -1.45. The van der Waals surface area contributed by atoms with Crippen molar-refractivity contribution in [2.75, 3.05) is 5.75 Å². The second-order valence-corrected chi connectivity index (χ2v) is 16.6. The van der Waals surface area contributed by atoms with Gasteiger partial charge in [0.2, 0.25) is 5.91 Å². The lowest BCUT2D eigenvalue weighted by Gasteiger charge is -2.24. The number of amides is 1. The highest BCUT2D eigenvalue weighted by molar-refractivity contribution is 7.85. The van der Waals surface area contributed by atoms with Crippen LogP contribution in [0.1, 0.15) is 226 Å². The third kappa shape index (κ3) is 35.4. The molecule has 0 aliphatic heterocycles. The second-order valence-electron chi connectivity index (χ2n) is 15.1. The quantitative estimate of drug-likeness (QED) is 0.0284. The Morgan fingerprint density at radius 1 is 0.520 bits per heavy atom. The molecule has 0 bridgehead atoms. The van der Waals surface area contributed by atoms with Gasteiger partial charge in [-0.15, -0.1) is 0 Å². The first-order chi connectivity index (χ1) is 24.2. The average Bonchev–Trinajstić information content (AvgIpc) is 3.08. The maximum atomic E-state index is 12.6. The smallest absolute Gasteiger partial charge is 0.266 e.